The maximum atomic E-state index is 14.2. The van der Waals surface area contributed by atoms with Gasteiger partial charge >= 0.3 is 7.12 Å². The molecule has 0 aromatic heterocycles. The van der Waals surface area contributed by atoms with Crippen LogP contribution in [-0.2, 0) is 9.31 Å². The third-order valence-electron chi connectivity index (χ3n) is 3.57. The van der Waals surface area contributed by atoms with Crippen molar-refractivity contribution >= 4 is 46.8 Å². The average molecular weight is 382 g/mol. The first-order chi connectivity index (χ1) is 8.16. The highest BCUT2D eigenvalue weighted by molar-refractivity contribution is 14.1. The Hall–Kier alpha value is 0.155. The second kappa shape index (κ2) is 4.61. The Morgan fingerprint density at radius 1 is 1.17 bits per heavy atom. The summed E-state index contributed by atoms with van der Waals surface area (Å²) in [6.45, 7) is 7.69. The number of benzene rings is 1. The summed E-state index contributed by atoms with van der Waals surface area (Å²) in [4.78, 5) is 0. The molecule has 1 aliphatic rings. The predicted octanol–water partition coefficient (Wildman–Crippen LogP) is 3.38. The molecule has 0 bridgehead atoms. The molecule has 0 atom stereocenters. The Bertz CT molecular complexity index is 477. The lowest BCUT2D eigenvalue weighted by Crippen LogP contribution is -2.41. The topological polar surface area (TPSA) is 18.5 Å². The van der Waals surface area contributed by atoms with Crippen LogP contribution in [0.15, 0.2) is 12.1 Å². The minimum absolute atomic E-state index is 0.280. The van der Waals surface area contributed by atoms with E-state index in [0.29, 0.717) is 8.59 Å². The van der Waals surface area contributed by atoms with Crippen LogP contribution in [0.4, 0.5) is 4.39 Å². The molecule has 98 valence electrons. The van der Waals surface area contributed by atoms with E-state index in [2.05, 4.69) is 0 Å². The van der Waals surface area contributed by atoms with Crippen LogP contribution in [0.2, 0.25) is 5.02 Å². The van der Waals surface area contributed by atoms with Crippen LogP contribution in [-0.4, -0.2) is 18.3 Å². The van der Waals surface area contributed by atoms with Gasteiger partial charge in [-0.2, -0.15) is 0 Å². The van der Waals surface area contributed by atoms with Gasteiger partial charge in [0.1, 0.15) is 5.82 Å². The molecule has 1 heterocycles. The minimum Gasteiger partial charge on any atom is -0.399 e. The van der Waals surface area contributed by atoms with E-state index < -0.39 is 18.3 Å². The van der Waals surface area contributed by atoms with Crippen LogP contribution in [0.3, 0.4) is 0 Å². The van der Waals surface area contributed by atoms with Crippen molar-refractivity contribution < 1.29 is 13.7 Å². The lowest BCUT2D eigenvalue weighted by Gasteiger charge is -2.32. The molecular formula is C12H14BClFIO2. The van der Waals surface area contributed by atoms with Gasteiger partial charge in [-0.05, 0) is 62.4 Å². The third kappa shape index (κ3) is 2.30. The van der Waals surface area contributed by atoms with E-state index in [1.54, 1.807) is 12.1 Å². The van der Waals surface area contributed by atoms with Gasteiger partial charge in [0.05, 0.1) is 11.2 Å². The molecule has 1 saturated heterocycles. The molecule has 2 rings (SSSR count). The summed E-state index contributed by atoms with van der Waals surface area (Å²) in [7, 11) is -0.766. The molecule has 2 nitrogen and oxygen atoms in total. The Labute approximate surface area is 125 Å². The van der Waals surface area contributed by atoms with Crippen molar-refractivity contribution in [2.45, 2.75) is 38.9 Å². The van der Waals surface area contributed by atoms with Crippen molar-refractivity contribution in [3.63, 3.8) is 0 Å². The highest BCUT2D eigenvalue weighted by Crippen LogP contribution is 2.37. The van der Waals surface area contributed by atoms with Crippen molar-refractivity contribution in [2.24, 2.45) is 0 Å². The first-order valence-electron chi connectivity index (χ1n) is 5.65. The standard InChI is InChI=1S/C12H14BClFIO2/c1-11(2)12(3,4)18-13(17-11)9-7(14)5-6-8(16)10(9)15/h5-6H,1-4H3. The zero-order valence-corrected chi connectivity index (χ0v) is 13.6. The Morgan fingerprint density at radius 3 is 2.17 bits per heavy atom. The van der Waals surface area contributed by atoms with Gasteiger partial charge in [0, 0.05) is 14.1 Å². The van der Waals surface area contributed by atoms with E-state index in [1.807, 2.05) is 50.3 Å². The van der Waals surface area contributed by atoms with Crippen molar-refractivity contribution in [1.29, 1.82) is 0 Å². The third-order valence-corrected chi connectivity index (χ3v) is 4.73. The minimum atomic E-state index is -0.766. The monoisotopic (exact) mass is 382 g/mol. The lowest BCUT2D eigenvalue weighted by atomic mass is 9.78. The summed E-state index contributed by atoms with van der Waals surface area (Å²) in [5.41, 5.74) is -0.731. The van der Waals surface area contributed by atoms with Crippen LogP contribution in [0.5, 0.6) is 0 Å². The Morgan fingerprint density at radius 2 is 1.67 bits per heavy atom. The quantitative estimate of drug-likeness (QED) is 0.421. The fourth-order valence-electron chi connectivity index (χ4n) is 1.72. The zero-order chi connectivity index (χ0) is 13.7. The van der Waals surface area contributed by atoms with E-state index in [9.17, 15) is 4.39 Å². The van der Waals surface area contributed by atoms with E-state index in [-0.39, 0.29) is 11.3 Å². The Kier molecular flexibility index (Phi) is 3.73. The molecular weight excluding hydrogens is 368 g/mol. The van der Waals surface area contributed by atoms with Crippen molar-refractivity contribution in [3.05, 3.63) is 26.5 Å². The van der Waals surface area contributed by atoms with Crippen LogP contribution in [0.25, 0.3) is 0 Å². The fraction of sp³-hybridized carbons (Fsp3) is 0.500. The van der Waals surface area contributed by atoms with Crippen molar-refractivity contribution in [3.8, 4) is 0 Å². The van der Waals surface area contributed by atoms with Gasteiger partial charge in [-0.25, -0.2) is 4.39 Å². The lowest BCUT2D eigenvalue weighted by molar-refractivity contribution is 0.00578. The second-order valence-corrected chi connectivity index (χ2v) is 6.91. The first kappa shape index (κ1) is 14.6. The molecule has 18 heavy (non-hydrogen) atoms. The molecule has 1 aromatic rings. The van der Waals surface area contributed by atoms with Gasteiger partial charge in [0.2, 0.25) is 0 Å². The van der Waals surface area contributed by atoms with Gasteiger partial charge in [0.15, 0.2) is 0 Å². The van der Waals surface area contributed by atoms with Gasteiger partial charge in [-0.15, -0.1) is 0 Å². The summed E-state index contributed by atoms with van der Waals surface area (Å²) in [6.07, 6.45) is 0. The summed E-state index contributed by atoms with van der Waals surface area (Å²) in [5, 5.41) is 0.325. The number of hydrogen-bond acceptors (Lipinski definition) is 2. The molecule has 0 radical (unpaired) electrons. The molecule has 0 amide bonds. The summed E-state index contributed by atoms with van der Waals surface area (Å²) in [6, 6.07) is 3.29. The molecule has 1 aromatic carbocycles. The molecule has 0 aliphatic carbocycles. The van der Waals surface area contributed by atoms with E-state index in [0.717, 1.165) is 0 Å². The molecule has 1 fully saturated rings. The van der Waals surface area contributed by atoms with E-state index in [4.69, 9.17) is 20.9 Å². The van der Waals surface area contributed by atoms with E-state index in [1.165, 1.54) is 0 Å². The van der Waals surface area contributed by atoms with Gasteiger partial charge in [0.25, 0.3) is 0 Å². The number of hydrogen-bond donors (Lipinski definition) is 0. The number of halogens is 3. The van der Waals surface area contributed by atoms with Crippen LogP contribution in [0, 0.1) is 9.39 Å². The molecule has 0 saturated carbocycles. The van der Waals surface area contributed by atoms with Gasteiger partial charge in [-0.1, -0.05) is 11.6 Å². The first-order valence-corrected chi connectivity index (χ1v) is 7.10. The largest absolute Gasteiger partial charge is 0.499 e. The highest BCUT2D eigenvalue weighted by Gasteiger charge is 2.53. The maximum Gasteiger partial charge on any atom is 0.499 e. The number of rotatable bonds is 1. The van der Waals surface area contributed by atoms with Gasteiger partial charge in [-0.3, -0.25) is 0 Å². The van der Waals surface area contributed by atoms with Gasteiger partial charge < -0.3 is 9.31 Å². The van der Waals surface area contributed by atoms with Crippen LogP contribution in [0.1, 0.15) is 27.7 Å². The van der Waals surface area contributed by atoms with E-state index >= 15 is 0 Å². The molecule has 0 N–H and O–H groups in total. The normalized spacial score (nSPS) is 21.4. The summed E-state index contributed by atoms with van der Waals surface area (Å²) in [5.74, 6) is -0.374. The summed E-state index contributed by atoms with van der Waals surface area (Å²) >= 11 is 7.99. The molecule has 1 aliphatic heterocycles. The second-order valence-electron chi connectivity index (χ2n) is 5.35. The highest BCUT2D eigenvalue weighted by atomic mass is 127. The zero-order valence-electron chi connectivity index (χ0n) is 10.7. The van der Waals surface area contributed by atoms with Crippen molar-refractivity contribution in [1.82, 2.24) is 0 Å². The smallest absolute Gasteiger partial charge is 0.399 e. The fourth-order valence-corrected chi connectivity index (χ4v) is 2.43. The summed E-state index contributed by atoms with van der Waals surface area (Å²) < 4.78 is 26.3. The van der Waals surface area contributed by atoms with Crippen LogP contribution < -0.4 is 5.46 Å². The van der Waals surface area contributed by atoms with Crippen molar-refractivity contribution in [2.75, 3.05) is 0 Å². The maximum absolute atomic E-state index is 14.2. The SMILES string of the molecule is CC1(C)OB(c2c(Cl)ccc(I)c2F)OC1(C)C. The van der Waals surface area contributed by atoms with Crippen LogP contribution >= 0.6 is 34.2 Å². The molecule has 0 unspecified atom stereocenters. The molecule has 6 heteroatoms. The average Bonchev–Trinajstić information content (AvgIpc) is 2.43. The predicted molar refractivity (Wildman–Crippen MR) is 79.8 cm³/mol. The Balaban J connectivity index is 2.44. The molecule has 0 spiro atoms.